The van der Waals surface area contributed by atoms with E-state index in [0.29, 0.717) is 6.61 Å². The van der Waals surface area contributed by atoms with Crippen LogP contribution < -0.4 is 10.1 Å². The van der Waals surface area contributed by atoms with Crippen LogP contribution in [-0.2, 0) is 9.05 Å². The van der Waals surface area contributed by atoms with Crippen LogP contribution in [0.15, 0.2) is 47.5 Å². The van der Waals surface area contributed by atoms with Crippen LogP contribution >= 0.6 is 10.7 Å². The Morgan fingerprint density at radius 2 is 2.09 bits per heavy atom. The number of rotatable bonds is 5. The Labute approximate surface area is 132 Å². The third kappa shape index (κ3) is 3.96. The molecule has 0 atom stereocenters. The van der Waals surface area contributed by atoms with Crippen LogP contribution in [0.5, 0.6) is 5.75 Å². The number of nitrogens with one attached hydrogen (secondary N) is 1. The van der Waals surface area contributed by atoms with E-state index in [9.17, 15) is 13.2 Å². The number of anilines is 1. The number of hydrogen-bond donors (Lipinski definition) is 1. The molecule has 1 N–H and O–H groups in total. The maximum atomic E-state index is 12.0. The Bertz CT molecular complexity index is 779. The zero-order chi connectivity index (χ0) is 16.2. The van der Waals surface area contributed by atoms with Gasteiger partial charge in [-0.3, -0.25) is 9.78 Å². The van der Waals surface area contributed by atoms with Gasteiger partial charge in [0, 0.05) is 22.6 Å². The lowest BCUT2D eigenvalue weighted by Gasteiger charge is -2.10. The summed E-state index contributed by atoms with van der Waals surface area (Å²) >= 11 is 0. The van der Waals surface area contributed by atoms with Gasteiger partial charge in [-0.05, 0) is 37.3 Å². The molecule has 0 bridgehead atoms. The highest BCUT2D eigenvalue weighted by Crippen LogP contribution is 2.30. The van der Waals surface area contributed by atoms with Crippen molar-refractivity contribution in [3.8, 4) is 5.75 Å². The van der Waals surface area contributed by atoms with Crippen molar-refractivity contribution in [2.24, 2.45) is 0 Å². The molecule has 2 aromatic rings. The summed E-state index contributed by atoms with van der Waals surface area (Å²) in [5.41, 5.74) is 0.491. The number of carbonyl (C=O) groups excluding carboxylic acids is 1. The van der Waals surface area contributed by atoms with Crippen molar-refractivity contribution in [2.75, 3.05) is 11.9 Å². The highest BCUT2D eigenvalue weighted by Gasteiger charge is 2.18. The predicted molar refractivity (Wildman–Crippen MR) is 82.8 cm³/mol. The van der Waals surface area contributed by atoms with Crippen molar-refractivity contribution in [1.82, 2.24) is 4.98 Å². The molecule has 0 saturated carbocycles. The Morgan fingerprint density at radius 1 is 1.32 bits per heavy atom. The van der Waals surface area contributed by atoms with Crippen molar-refractivity contribution < 1.29 is 17.9 Å². The molecular formula is C14H13ClN2O4S. The molecule has 2 rings (SSSR count). The van der Waals surface area contributed by atoms with E-state index in [1.54, 1.807) is 25.1 Å². The van der Waals surface area contributed by atoms with E-state index >= 15 is 0 Å². The van der Waals surface area contributed by atoms with Crippen LogP contribution in [0.3, 0.4) is 0 Å². The summed E-state index contributed by atoms with van der Waals surface area (Å²) in [5.74, 6) is -0.323. The number of hydrogen-bond acceptors (Lipinski definition) is 5. The summed E-state index contributed by atoms with van der Waals surface area (Å²) in [6.07, 6.45) is 1.49. The Hall–Kier alpha value is -2.12. The Morgan fingerprint density at radius 3 is 2.68 bits per heavy atom. The predicted octanol–water partition coefficient (Wildman–Crippen LogP) is 2.66. The highest BCUT2D eigenvalue weighted by molar-refractivity contribution is 8.13. The van der Waals surface area contributed by atoms with E-state index in [4.69, 9.17) is 15.4 Å². The van der Waals surface area contributed by atoms with Gasteiger partial charge in [-0.2, -0.15) is 0 Å². The van der Waals surface area contributed by atoms with Crippen molar-refractivity contribution >= 4 is 31.3 Å². The lowest BCUT2D eigenvalue weighted by molar-refractivity contribution is 0.102. The van der Waals surface area contributed by atoms with Crippen molar-refractivity contribution in [3.05, 3.63) is 48.3 Å². The number of amides is 1. The molecule has 1 aromatic carbocycles. The lowest BCUT2D eigenvalue weighted by atomic mass is 10.2. The first-order valence-electron chi connectivity index (χ1n) is 6.35. The topological polar surface area (TPSA) is 85.4 Å². The molecule has 0 aliphatic heterocycles. The average Bonchev–Trinajstić information content (AvgIpc) is 2.49. The van der Waals surface area contributed by atoms with E-state index < -0.39 is 15.0 Å². The smallest absolute Gasteiger partial charge is 0.274 e. The number of carbonyl (C=O) groups is 1. The zero-order valence-electron chi connectivity index (χ0n) is 11.6. The fourth-order valence-corrected chi connectivity index (χ4v) is 2.74. The molecule has 0 saturated heterocycles. The molecule has 0 aliphatic rings. The van der Waals surface area contributed by atoms with Gasteiger partial charge in [0.1, 0.15) is 16.3 Å². The summed E-state index contributed by atoms with van der Waals surface area (Å²) in [7, 11) is 1.39. The maximum Gasteiger partial charge on any atom is 0.274 e. The molecule has 0 aliphatic carbocycles. The number of benzene rings is 1. The minimum atomic E-state index is -4.00. The molecule has 116 valence electrons. The third-order valence-corrected chi connectivity index (χ3v) is 4.00. The number of halogens is 1. The fraction of sp³-hybridized carbons (Fsp3) is 0.143. The van der Waals surface area contributed by atoms with E-state index in [1.165, 1.54) is 24.4 Å². The molecule has 22 heavy (non-hydrogen) atoms. The quantitative estimate of drug-likeness (QED) is 0.846. The van der Waals surface area contributed by atoms with Gasteiger partial charge in [0.2, 0.25) is 0 Å². The lowest BCUT2D eigenvalue weighted by Crippen LogP contribution is -2.13. The largest absolute Gasteiger partial charge is 0.492 e. The summed E-state index contributed by atoms with van der Waals surface area (Å²) in [4.78, 5) is 15.7. The van der Waals surface area contributed by atoms with Gasteiger partial charge in [0.05, 0.1) is 6.61 Å². The second-order valence-corrected chi connectivity index (χ2v) is 6.74. The van der Waals surface area contributed by atoms with Gasteiger partial charge in [0.15, 0.2) is 0 Å². The van der Waals surface area contributed by atoms with E-state index in [-0.39, 0.29) is 22.0 Å². The van der Waals surface area contributed by atoms with Crippen molar-refractivity contribution in [2.45, 2.75) is 11.8 Å². The van der Waals surface area contributed by atoms with Crippen LogP contribution in [0, 0.1) is 0 Å². The second-order valence-electron chi connectivity index (χ2n) is 4.20. The van der Waals surface area contributed by atoms with Crippen LogP contribution in [0.1, 0.15) is 17.4 Å². The minimum Gasteiger partial charge on any atom is -0.492 e. The molecule has 1 amide bonds. The molecule has 0 fully saturated rings. The van der Waals surface area contributed by atoms with Gasteiger partial charge >= 0.3 is 0 Å². The fourth-order valence-electron chi connectivity index (χ4n) is 1.74. The normalized spacial score (nSPS) is 11.0. The van der Waals surface area contributed by atoms with E-state index in [2.05, 4.69) is 10.3 Å². The molecule has 0 spiro atoms. The molecule has 8 heteroatoms. The molecule has 0 radical (unpaired) electrons. The van der Waals surface area contributed by atoms with Gasteiger partial charge in [-0.15, -0.1) is 0 Å². The monoisotopic (exact) mass is 340 g/mol. The first kappa shape index (κ1) is 16.3. The van der Waals surface area contributed by atoms with Crippen molar-refractivity contribution in [1.29, 1.82) is 0 Å². The van der Waals surface area contributed by atoms with Crippen molar-refractivity contribution in [3.63, 3.8) is 0 Å². The third-order valence-electron chi connectivity index (χ3n) is 2.66. The van der Waals surface area contributed by atoms with Crippen LogP contribution in [0.4, 0.5) is 5.69 Å². The number of aromatic nitrogens is 1. The molecule has 1 heterocycles. The molecule has 0 unspecified atom stereocenters. The Balaban J connectivity index is 2.31. The first-order valence-corrected chi connectivity index (χ1v) is 8.66. The SMILES string of the molecule is CCOc1ccc(NC(=O)c2ccccn2)cc1S(=O)(=O)Cl. The number of nitrogens with zero attached hydrogens (tertiary/aromatic N) is 1. The summed E-state index contributed by atoms with van der Waals surface area (Å²) in [5, 5.41) is 2.56. The zero-order valence-corrected chi connectivity index (χ0v) is 13.2. The highest BCUT2D eigenvalue weighted by atomic mass is 35.7. The van der Waals surface area contributed by atoms with Gasteiger partial charge in [0.25, 0.3) is 15.0 Å². The molecule has 6 nitrogen and oxygen atoms in total. The minimum absolute atomic E-state index is 0.133. The maximum absolute atomic E-state index is 12.0. The summed E-state index contributed by atoms with van der Waals surface area (Å²) in [6.45, 7) is 2.01. The summed E-state index contributed by atoms with van der Waals surface area (Å²) in [6, 6.07) is 9.11. The standard InChI is InChI=1S/C14H13ClN2O4S/c1-2-21-12-7-6-10(9-13(12)22(15,19)20)17-14(18)11-5-3-4-8-16-11/h3-9H,2H2,1H3,(H,17,18). The second kappa shape index (κ2) is 6.76. The number of ether oxygens (including phenoxy) is 1. The number of pyridine rings is 1. The van der Waals surface area contributed by atoms with Crippen LogP contribution in [0.25, 0.3) is 0 Å². The molecule has 1 aromatic heterocycles. The van der Waals surface area contributed by atoms with Gasteiger partial charge in [-0.1, -0.05) is 6.07 Å². The average molecular weight is 341 g/mol. The van der Waals surface area contributed by atoms with Gasteiger partial charge in [-0.25, -0.2) is 8.42 Å². The Kier molecular flexibility index (Phi) is 4.99. The van der Waals surface area contributed by atoms with E-state index in [1.807, 2.05) is 0 Å². The van der Waals surface area contributed by atoms with Crippen LogP contribution in [-0.4, -0.2) is 25.9 Å². The van der Waals surface area contributed by atoms with Gasteiger partial charge < -0.3 is 10.1 Å². The molecular weight excluding hydrogens is 328 g/mol. The van der Waals surface area contributed by atoms with Crippen LogP contribution in [0.2, 0.25) is 0 Å². The van der Waals surface area contributed by atoms with E-state index in [0.717, 1.165) is 0 Å². The first-order chi connectivity index (χ1) is 10.4. The summed E-state index contributed by atoms with van der Waals surface area (Å²) < 4.78 is 28.4.